The Morgan fingerprint density at radius 2 is 0.537 bits per heavy atom. The number of ether oxygens (including phenoxy) is 3. The number of carbonyl (C=O) groups excluding carboxylic acids is 3. The maximum absolute atomic E-state index is 12.9. The number of hydrogen-bond donors (Lipinski definition) is 0. The lowest BCUT2D eigenvalue weighted by Crippen LogP contribution is -2.30. The summed E-state index contributed by atoms with van der Waals surface area (Å²) >= 11 is 0. The number of rotatable bonds is 54. The van der Waals surface area contributed by atoms with Gasteiger partial charge in [-0.2, -0.15) is 0 Å². The molecule has 1 unspecified atom stereocenters. The fourth-order valence-corrected chi connectivity index (χ4v) is 8.65. The highest BCUT2D eigenvalue weighted by molar-refractivity contribution is 5.71. The van der Waals surface area contributed by atoms with Crippen LogP contribution in [0, 0.1) is 0 Å². The van der Waals surface area contributed by atoms with E-state index in [1.165, 1.54) is 205 Å². The van der Waals surface area contributed by atoms with Gasteiger partial charge in [0.1, 0.15) is 13.2 Å². The van der Waals surface area contributed by atoms with Crippen LogP contribution in [0.25, 0.3) is 0 Å². The van der Waals surface area contributed by atoms with Crippen LogP contribution in [0.15, 0.2) is 36.5 Å². The van der Waals surface area contributed by atoms with Crippen LogP contribution < -0.4 is 0 Å². The minimum absolute atomic E-state index is 0.0723. The van der Waals surface area contributed by atoms with Crippen LogP contribution in [-0.2, 0) is 28.6 Å². The van der Waals surface area contributed by atoms with Gasteiger partial charge in [0.05, 0.1) is 0 Å². The highest BCUT2D eigenvalue weighted by atomic mass is 16.6. The summed E-state index contributed by atoms with van der Waals surface area (Å²) in [5.74, 6) is -0.865. The summed E-state index contributed by atoms with van der Waals surface area (Å²) in [6.45, 7) is 6.65. The van der Waals surface area contributed by atoms with Gasteiger partial charge in [-0.1, -0.05) is 256 Å². The zero-order valence-electron chi connectivity index (χ0n) is 44.9. The third-order valence-electron chi connectivity index (χ3n) is 13.1. The van der Waals surface area contributed by atoms with Crippen LogP contribution in [0.1, 0.15) is 316 Å². The molecule has 0 saturated carbocycles. The monoisotopic (exact) mass is 941 g/mol. The minimum Gasteiger partial charge on any atom is -0.462 e. The molecule has 1 atom stereocenters. The summed E-state index contributed by atoms with van der Waals surface area (Å²) < 4.78 is 16.9. The first-order valence-corrected chi connectivity index (χ1v) is 29.5. The van der Waals surface area contributed by atoms with Crippen molar-refractivity contribution in [2.45, 2.75) is 322 Å². The molecule has 0 bridgehead atoms. The molecule has 0 fully saturated rings. The third-order valence-corrected chi connectivity index (χ3v) is 13.1. The quantitative estimate of drug-likeness (QED) is 0.0262. The van der Waals surface area contributed by atoms with Gasteiger partial charge in [-0.3, -0.25) is 14.4 Å². The van der Waals surface area contributed by atoms with E-state index in [1.54, 1.807) is 0 Å². The lowest BCUT2D eigenvalue weighted by molar-refractivity contribution is -0.167. The van der Waals surface area contributed by atoms with Crippen LogP contribution in [-0.4, -0.2) is 37.2 Å². The lowest BCUT2D eigenvalue weighted by Gasteiger charge is -2.18. The number of carbonyl (C=O) groups is 3. The Bertz CT molecular complexity index is 1130. The van der Waals surface area contributed by atoms with Crippen molar-refractivity contribution in [1.29, 1.82) is 0 Å². The maximum atomic E-state index is 12.9. The van der Waals surface area contributed by atoms with Gasteiger partial charge >= 0.3 is 17.9 Å². The van der Waals surface area contributed by atoms with Crippen molar-refractivity contribution >= 4 is 17.9 Å². The second kappa shape index (κ2) is 56.2. The SMILES string of the molecule is CCCCCC/C=C\C/C=C\CCCCCCCCCC(=O)OC(COC(=O)CCCCCCCCCCC/C=C\CCCCCCCC)COC(=O)CCCCCCCCCCCCCC. The molecule has 0 aromatic heterocycles. The van der Waals surface area contributed by atoms with E-state index in [0.717, 1.165) is 70.6 Å². The van der Waals surface area contributed by atoms with Crippen molar-refractivity contribution in [3.05, 3.63) is 36.5 Å². The molecule has 0 N–H and O–H groups in total. The molecule has 0 aliphatic heterocycles. The summed E-state index contributed by atoms with van der Waals surface area (Å²) in [7, 11) is 0. The fraction of sp³-hybridized carbons (Fsp3) is 0.852. The molecule has 67 heavy (non-hydrogen) atoms. The van der Waals surface area contributed by atoms with Crippen molar-refractivity contribution < 1.29 is 28.6 Å². The Morgan fingerprint density at radius 1 is 0.299 bits per heavy atom. The average Bonchev–Trinajstić information content (AvgIpc) is 3.33. The molecule has 6 heteroatoms. The molecule has 0 heterocycles. The molecular formula is C61H112O6. The second-order valence-corrected chi connectivity index (χ2v) is 19.9. The van der Waals surface area contributed by atoms with Crippen molar-refractivity contribution in [3.8, 4) is 0 Å². The van der Waals surface area contributed by atoms with Crippen LogP contribution in [0.5, 0.6) is 0 Å². The molecule has 0 aliphatic carbocycles. The molecule has 0 amide bonds. The van der Waals surface area contributed by atoms with E-state index in [1.807, 2.05) is 0 Å². The van der Waals surface area contributed by atoms with E-state index < -0.39 is 6.10 Å². The first-order chi connectivity index (χ1) is 33.0. The summed E-state index contributed by atoms with van der Waals surface area (Å²) in [4.78, 5) is 38.1. The first kappa shape index (κ1) is 64.6. The molecular weight excluding hydrogens is 829 g/mol. The van der Waals surface area contributed by atoms with Gasteiger partial charge in [0, 0.05) is 19.3 Å². The van der Waals surface area contributed by atoms with Crippen molar-refractivity contribution in [3.63, 3.8) is 0 Å². The van der Waals surface area contributed by atoms with Gasteiger partial charge in [0.2, 0.25) is 0 Å². The first-order valence-electron chi connectivity index (χ1n) is 29.5. The molecule has 6 nitrogen and oxygen atoms in total. The van der Waals surface area contributed by atoms with Gasteiger partial charge in [-0.15, -0.1) is 0 Å². The summed E-state index contributed by atoms with van der Waals surface area (Å²) in [6, 6.07) is 0. The molecule has 0 aromatic carbocycles. The van der Waals surface area contributed by atoms with Gasteiger partial charge in [-0.25, -0.2) is 0 Å². The summed E-state index contributed by atoms with van der Waals surface area (Å²) in [5.41, 5.74) is 0. The van der Waals surface area contributed by atoms with Crippen LogP contribution >= 0.6 is 0 Å². The van der Waals surface area contributed by atoms with E-state index in [0.29, 0.717) is 19.3 Å². The molecule has 0 radical (unpaired) electrons. The van der Waals surface area contributed by atoms with Gasteiger partial charge in [-0.05, 0) is 77.0 Å². The topological polar surface area (TPSA) is 78.9 Å². The van der Waals surface area contributed by atoms with E-state index in [-0.39, 0.29) is 31.1 Å². The summed E-state index contributed by atoms with van der Waals surface area (Å²) in [5, 5.41) is 0. The molecule has 0 aromatic rings. The van der Waals surface area contributed by atoms with Crippen LogP contribution in [0.4, 0.5) is 0 Å². The Labute approximate surface area is 416 Å². The average molecular weight is 942 g/mol. The van der Waals surface area contributed by atoms with Crippen LogP contribution in [0.2, 0.25) is 0 Å². The molecule has 0 aliphatic rings. The zero-order chi connectivity index (χ0) is 48.6. The molecule has 0 rings (SSSR count). The van der Waals surface area contributed by atoms with Gasteiger partial charge in [0.25, 0.3) is 0 Å². The largest absolute Gasteiger partial charge is 0.462 e. The Morgan fingerprint density at radius 3 is 0.851 bits per heavy atom. The molecule has 0 saturated heterocycles. The predicted octanol–water partition coefficient (Wildman–Crippen LogP) is 19.7. The number of unbranched alkanes of at least 4 members (excludes halogenated alkanes) is 37. The Hall–Kier alpha value is -2.37. The van der Waals surface area contributed by atoms with Crippen LogP contribution in [0.3, 0.4) is 0 Å². The predicted molar refractivity (Wildman–Crippen MR) is 289 cm³/mol. The van der Waals surface area contributed by atoms with Crippen molar-refractivity contribution in [1.82, 2.24) is 0 Å². The van der Waals surface area contributed by atoms with E-state index >= 15 is 0 Å². The van der Waals surface area contributed by atoms with Crippen molar-refractivity contribution in [2.75, 3.05) is 13.2 Å². The smallest absolute Gasteiger partial charge is 0.306 e. The second-order valence-electron chi connectivity index (χ2n) is 19.9. The highest BCUT2D eigenvalue weighted by Crippen LogP contribution is 2.16. The molecule has 0 spiro atoms. The Balaban J connectivity index is 4.32. The third kappa shape index (κ3) is 54.4. The lowest BCUT2D eigenvalue weighted by atomic mass is 10.0. The standard InChI is InChI=1S/C61H112O6/c1-4-7-10-13-16-19-22-25-27-29-31-33-34-36-39-42-45-48-51-54-60(63)66-57-58(56-65-59(62)53-50-47-44-41-38-24-21-18-15-12-9-6-3)67-61(64)55-52-49-46-43-40-37-35-32-30-28-26-23-20-17-14-11-8-5-2/h20,23,25,27-28,30,58H,4-19,21-22,24,26,29,31-57H2,1-3H3/b23-20-,27-25-,30-28-. The maximum Gasteiger partial charge on any atom is 0.306 e. The fourth-order valence-electron chi connectivity index (χ4n) is 8.65. The number of hydrogen-bond acceptors (Lipinski definition) is 6. The minimum atomic E-state index is -0.774. The van der Waals surface area contributed by atoms with E-state index in [9.17, 15) is 14.4 Å². The number of allylic oxidation sites excluding steroid dienone is 6. The number of esters is 3. The van der Waals surface area contributed by atoms with Crippen molar-refractivity contribution in [2.24, 2.45) is 0 Å². The van der Waals surface area contributed by atoms with E-state index in [2.05, 4.69) is 57.2 Å². The van der Waals surface area contributed by atoms with Gasteiger partial charge in [0.15, 0.2) is 6.10 Å². The normalized spacial score (nSPS) is 12.2. The summed E-state index contributed by atoms with van der Waals surface area (Å²) in [6.07, 6.45) is 67.0. The Kier molecular flexibility index (Phi) is 54.2. The highest BCUT2D eigenvalue weighted by Gasteiger charge is 2.19. The van der Waals surface area contributed by atoms with E-state index in [4.69, 9.17) is 14.2 Å². The zero-order valence-corrected chi connectivity index (χ0v) is 44.9. The molecule has 392 valence electrons. The van der Waals surface area contributed by atoms with Gasteiger partial charge < -0.3 is 14.2 Å².